The lowest BCUT2D eigenvalue weighted by atomic mass is 10.1. The van der Waals surface area contributed by atoms with Gasteiger partial charge in [-0.1, -0.05) is 65.9 Å². The molecule has 41 heavy (non-hydrogen) atoms. The van der Waals surface area contributed by atoms with E-state index in [1.165, 1.54) is 4.90 Å². The number of aryl methyl sites for hydroxylation is 1. The number of nitrogens with zero attached hydrogens (tertiary/aromatic N) is 2. The number of amides is 4. The zero-order chi connectivity index (χ0) is 28.5. The largest absolute Gasteiger partial charge is 0.351 e. The summed E-state index contributed by atoms with van der Waals surface area (Å²) < 4.78 is 0. The SMILES string of the molecule is Cc1ccc(C2CC2)cc1N(C(N)=O)c1nc(-c2cccc(C(=O)NC3CC3)c2)c(C(=O)NCc2ccccc2)s1. The third-order valence-corrected chi connectivity index (χ3v) is 8.40. The van der Waals surface area contributed by atoms with Crippen LogP contribution in [0, 0.1) is 6.92 Å². The van der Waals surface area contributed by atoms with Crippen molar-refractivity contribution >= 4 is 40.0 Å². The molecule has 2 saturated carbocycles. The normalized spacial score (nSPS) is 14.4. The van der Waals surface area contributed by atoms with E-state index in [0.29, 0.717) is 45.0 Å². The van der Waals surface area contributed by atoms with Gasteiger partial charge in [-0.3, -0.25) is 9.59 Å². The van der Waals surface area contributed by atoms with Gasteiger partial charge in [-0.05, 0) is 73.4 Å². The van der Waals surface area contributed by atoms with Crippen molar-refractivity contribution < 1.29 is 14.4 Å². The summed E-state index contributed by atoms with van der Waals surface area (Å²) in [7, 11) is 0. The molecule has 0 atom stereocenters. The van der Waals surface area contributed by atoms with E-state index in [1.54, 1.807) is 18.2 Å². The van der Waals surface area contributed by atoms with Crippen LogP contribution in [-0.2, 0) is 6.54 Å². The second-order valence-corrected chi connectivity index (χ2v) is 11.6. The Labute approximate surface area is 242 Å². The zero-order valence-corrected chi connectivity index (χ0v) is 23.5. The molecule has 1 heterocycles. The number of rotatable bonds is 9. The molecule has 2 aliphatic rings. The molecule has 8 nitrogen and oxygen atoms in total. The second kappa shape index (κ2) is 11.2. The Morgan fingerprint density at radius 2 is 1.73 bits per heavy atom. The fourth-order valence-electron chi connectivity index (χ4n) is 4.77. The van der Waals surface area contributed by atoms with Crippen LogP contribution in [0.25, 0.3) is 11.3 Å². The van der Waals surface area contributed by atoms with Crippen LogP contribution in [0.5, 0.6) is 0 Å². The summed E-state index contributed by atoms with van der Waals surface area (Å²) >= 11 is 1.10. The maximum Gasteiger partial charge on any atom is 0.325 e. The van der Waals surface area contributed by atoms with Crippen LogP contribution in [0.3, 0.4) is 0 Å². The molecule has 0 unspecified atom stereocenters. The van der Waals surface area contributed by atoms with Gasteiger partial charge in [0.25, 0.3) is 11.8 Å². The molecule has 4 aromatic rings. The van der Waals surface area contributed by atoms with Gasteiger partial charge in [0, 0.05) is 23.7 Å². The predicted octanol–water partition coefficient (Wildman–Crippen LogP) is 6.03. The van der Waals surface area contributed by atoms with E-state index in [4.69, 9.17) is 10.7 Å². The molecule has 0 aliphatic heterocycles. The Morgan fingerprint density at radius 3 is 2.44 bits per heavy atom. The van der Waals surface area contributed by atoms with Gasteiger partial charge in [0.15, 0.2) is 5.13 Å². The van der Waals surface area contributed by atoms with Crippen LogP contribution in [0.4, 0.5) is 15.6 Å². The molecular weight excluding hydrogens is 534 g/mol. The first-order valence-electron chi connectivity index (χ1n) is 13.8. The molecule has 208 valence electrons. The Balaban J connectivity index is 1.40. The van der Waals surface area contributed by atoms with Crippen molar-refractivity contribution in [1.29, 1.82) is 0 Å². The third kappa shape index (κ3) is 6.00. The molecule has 2 fully saturated rings. The Morgan fingerprint density at radius 1 is 0.951 bits per heavy atom. The molecule has 4 N–H and O–H groups in total. The summed E-state index contributed by atoms with van der Waals surface area (Å²) in [6, 6.07) is 22.3. The predicted molar refractivity (Wildman–Crippen MR) is 161 cm³/mol. The monoisotopic (exact) mass is 565 g/mol. The van der Waals surface area contributed by atoms with E-state index >= 15 is 0 Å². The van der Waals surface area contributed by atoms with Crippen molar-refractivity contribution in [3.63, 3.8) is 0 Å². The maximum atomic E-state index is 13.6. The van der Waals surface area contributed by atoms with Crippen molar-refractivity contribution in [2.24, 2.45) is 5.73 Å². The van der Waals surface area contributed by atoms with Crippen molar-refractivity contribution in [2.45, 2.75) is 51.1 Å². The van der Waals surface area contributed by atoms with Crippen molar-refractivity contribution in [1.82, 2.24) is 15.6 Å². The molecule has 4 amide bonds. The first kappa shape index (κ1) is 26.7. The number of primary amides is 1. The first-order chi connectivity index (χ1) is 19.9. The number of nitrogens with one attached hydrogen (secondary N) is 2. The molecule has 3 aromatic carbocycles. The zero-order valence-electron chi connectivity index (χ0n) is 22.7. The molecule has 0 radical (unpaired) electrons. The van der Waals surface area contributed by atoms with Gasteiger partial charge in [0.1, 0.15) is 4.88 Å². The number of thiazole rings is 1. The number of carbonyl (C=O) groups is 3. The van der Waals surface area contributed by atoms with Gasteiger partial charge in [-0.25, -0.2) is 14.7 Å². The average molecular weight is 566 g/mol. The lowest BCUT2D eigenvalue weighted by Crippen LogP contribution is -2.32. The summed E-state index contributed by atoms with van der Waals surface area (Å²) in [5, 5.41) is 6.28. The number of hydrogen-bond acceptors (Lipinski definition) is 5. The fourth-order valence-corrected chi connectivity index (χ4v) is 5.79. The lowest BCUT2D eigenvalue weighted by Gasteiger charge is -2.20. The van der Waals surface area contributed by atoms with E-state index in [9.17, 15) is 14.4 Å². The summed E-state index contributed by atoms with van der Waals surface area (Å²) in [5.74, 6) is -0.000690. The number of carbonyl (C=O) groups excluding carboxylic acids is 3. The third-order valence-electron chi connectivity index (χ3n) is 7.36. The highest BCUT2D eigenvalue weighted by atomic mass is 32.1. The smallest absolute Gasteiger partial charge is 0.325 e. The van der Waals surface area contributed by atoms with Gasteiger partial charge >= 0.3 is 6.03 Å². The quantitative estimate of drug-likeness (QED) is 0.230. The van der Waals surface area contributed by atoms with E-state index < -0.39 is 6.03 Å². The Kier molecular flexibility index (Phi) is 7.28. The molecule has 0 saturated heterocycles. The number of aromatic nitrogens is 1. The molecule has 1 aromatic heterocycles. The summed E-state index contributed by atoms with van der Waals surface area (Å²) in [5.41, 5.74) is 11.1. The summed E-state index contributed by atoms with van der Waals surface area (Å²) in [4.78, 5) is 45.8. The first-order valence-corrected chi connectivity index (χ1v) is 14.6. The minimum atomic E-state index is -0.685. The van der Waals surface area contributed by atoms with Crippen LogP contribution in [0.1, 0.15) is 68.3 Å². The van der Waals surface area contributed by atoms with Crippen LogP contribution in [0.2, 0.25) is 0 Å². The van der Waals surface area contributed by atoms with Crippen molar-refractivity contribution in [3.8, 4) is 11.3 Å². The van der Waals surface area contributed by atoms with E-state index in [1.807, 2.05) is 55.5 Å². The average Bonchev–Trinajstić information content (AvgIpc) is 3.92. The van der Waals surface area contributed by atoms with Gasteiger partial charge in [0.2, 0.25) is 0 Å². The number of urea groups is 1. The second-order valence-electron chi connectivity index (χ2n) is 10.7. The molecule has 6 rings (SSSR count). The van der Waals surface area contributed by atoms with Gasteiger partial charge in [-0.15, -0.1) is 0 Å². The van der Waals surface area contributed by atoms with E-state index in [-0.39, 0.29) is 17.9 Å². The molecule has 0 bridgehead atoms. The molecule has 0 spiro atoms. The van der Waals surface area contributed by atoms with E-state index in [0.717, 1.165) is 53.7 Å². The minimum Gasteiger partial charge on any atom is -0.351 e. The van der Waals surface area contributed by atoms with Crippen molar-refractivity contribution in [2.75, 3.05) is 4.90 Å². The van der Waals surface area contributed by atoms with Crippen LogP contribution >= 0.6 is 11.3 Å². The van der Waals surface area contributed by atoms with Gasteiger partial charge < -0.3 is 16.4 Å². The Hall–Kier alpha value is -4.50. The van der Waals surface area contributed by atoms with Crippen LogP contribution in [-0.4, -0.2) is 28.9 Å². The summed E-state index contributed by atoms with van der Waals surface area (Å²) in [6.07, 6.45) is 4.21. The van der Waals surface area contributed by atoms with Crippen LogP contribution in [0.15, 0.2) is 72.8 Å². The molecular formula is C32H31N5O3S. The van der Waals surface area contributed by atoms with Crippen molar-refractivity contribution in [3.05, 3.63) is 99.9 Å². The number of anilines is 2. The van der Waals surface area contributed by atoms with Crippen LogP contribution < -0.4 is 21.3 Å². The van der Waals surface area contributed by atoms with Gasteiger partial charge in [0.05, 0.1) is 11.4 Å². The van der Waals surface area contributed by atoms with Gasteiger partial charge in [-0.2, -0.15) is 0 Å². The number of benzene rings is 3. The standard InChI is InChI=1S/C32H31N5O3S/c1-19-10-11-22(21-12-13-21)17-26(19)37(31(33)40)32-36-27(23-8-5-9-24(16-23)29(38)35-25-14-15-25)28(41-32)30(39)34-18-20-6-3-2-4-7-20/h2-11,16-17,21,25H,12-15,18H2,1H3,(H2,33,40)(H,34,39)(H,35,38). The summed E-state index contributed by atoms with van der Waals surface area (Å²) in [6.45, 7) is 2.25. The highest BCUT2D eigenvalue weighted by Crippen LogP contribution is 2.43. The maximum absolute atomic E-state index is 13.6. The molecule has 9 heteroatoms. The topological polar surface area (TPSA) is 117 Å². The Bertz CT molecular complexity index is 1630. The lowest BCUT2D eigenvalue weighted by molar-refractivity contribution is 0.0945. The highest BCUT2D eigenvalue weighted by Gasteiger charge is 2.30. The highest BCUT2D eigenvalue weighted by molar-refractivity contribution is 7.18. The fraction of sp³-hybridized carbons (Fsp3) is 0.250. The van der Waals surface area contributed by atoms with E-state index in [2.05, 4.69) is 16.7 Å². The number of hydrogen-bond donors (Lipinski definition) is 3. The minimum absolute atomic E-state index is 0.161. The molecule has 2 aliphatic carbocycles. The number of nitrogens with two attached hydrogens (primary N) is 1.